The average Bonchev–Trinajstić information content (AvgIpc) is 3.03. The molecule has 0 radical (unpaired) electrons. The molecule has 126 valence electrons. The second-order valence-electron chi connectivity index (χ2n) is 8.38. The van der Waals surface area contributed by atoms with Gasteiger partial charge in [-0.15, -0.1) is 0 Å². The summed E-state index contributed by atoms with van der Waals surface area (Å²) >= 11 is 0. The van der Waals surface area contributed by atoms with E-state index >= 15 is 0 Å². The van der Waals surface area contributed by atoms with Crippen molar-refractivity contribution in [2.24, 2.45) is 11.3 Å². The van der Waals surface area contributed by atoms with Crippen LogP contribution in [0.2, 0.25) is 0 Å². The Labute approximate surface area is 138 Å². The largest absolute Gasteiger partial charge is 0.378 e. The summed E-state index contributed by atoms with van der Waals surface area (Å²) in [6.07, 6.45) is 4.04. The summed E-state index contributed by atoms with van der Waals surface area (Å²) in [6, 6.07) is 5.77. The van der Waals surface area contributed by atoms with Crippen LogP contribution in [-0.4, -0.2) is 41.8 Å². The molecular formula is C19H28N2O2. The van der Waals surface area contributed by atoms with Gasteiger partial charge in [-0.2, -0.15) is 0 Å². The minimum Gasteiger partial charge on any atom is -0.378 e. The highest BCUT2D eigenvalue weighted by Crippen LogP contribution is 2.38. The maximum absolute atomic E-state index is 12.1. The topological polar surface area (TPSA) is 34.5 Å². The van der Waals surface area contributed by atoms with Crippen LogP contribution in [0.1, 0.15) is 44.7 Å². The van der Waals surface area contributed by atoms with Gasteiger partial charge in [-0.25, -0.2) is 0 Å². The number of hydrogen-bond donors (Lipinski definition) is 0. The Morgan fingerprint density at radius 1 is 1.26 bits per heavy atom. The van der Waals surface area contributed by atoms with Crippen LogP contribution < -0.4 is 5.56 Å². The SMILES string of the molecule is CC(C)(CN1C[C@@H]2C[C@H](C1)c1cccc(=O)n1C2)C1CCCO1. The van der Waals surface area contributed by atoms with Crippen LogP contribution in [0, 0.1) is 11.3 Å². The number of aromatic nitrogens is 1. The van der Waals surface area contributed by atoms with E-state index in [4.69, 9.17) is 4.74 Å². The van der Waals surface area contributed by atoms with Gasteiger partial charge in [-0.1, -0.05) is 19.9 Å². The van der Waals surface area contributed by atoms with E-state index in [9.17, 15) is 4.79 Å². The smallest absolute Gasteiger partial charge is 0.250 e. The van der Waals surface area contributed by atoms with E-state index in [2.05, 4.69) is 24.8 Å². The molecule has 0 N–H and O–H groups in total. The van der Waals surface area contributed by atoms with Crippen molar-refractivity contribution in [1.29, 1.82) is 0 Å². The maximum atomic E-state index is 12.1. The minimum absolute atomic E-state index is 0.172. The van der Waals surface area contributed by atoms with E-state index in [1.165, 1.54) is 25.0 Å². The summed E-state index contributed by atoms with van der Waals surface area (Å²) in [4.78, 5) is 14.7. The first-order chi connectivity index (χ1) is 11.0. The zero-order chi connectivity index (χ0) is 16.0. The molecule has 4 rings (SSSR count). The molecule has 3 aliphatic rings. The Morgan fingerprint density at radius 3 is 2.91 bits per heavy atom. The second kappa shape index (κ2) is 5.75. The molecule has 0 aliphatic carbocycles. The zero-order valence-corrected chi connectivity index (χ0v) is 14.3. The van der Waals surface area contributed by atoms with E-state index in [-0.39, 0.29) is 11.0 Å². The van der Waals surface area contributed by atoms with E-state index < -0.39 is 0 Å². The molecule has 2 bridgehead atoms. The van der Waals surface area contributed by atoms with Crippen molar-refractivity contribution in [3.05, 3.63) is 34.2 Å². The van der Waals surface area contributed by atoms with Crippen LogP contribution in [0.5, 0.6) is 0 Å². The standard InChI is InChI=1S/C19H28N2O2/c1-19(2,17-6-4-8-23-17)13-20-10-14-9-15(12-20)16-5-3-7-18(22)21(16)11-14/h3,5,7,14-15,17H,4,6,8-13H2,1-2H3/t14-,15+,17?/m0/s1. The lowest BCUT2D eigenvalue weighted by Crippen LogP contribution is -2.51. The lowest BCUT2D eigenvalue weighted by Gasteiger charge is -2.46. The zero-order valence-electron chi connectivity index (χ0n) is 14.3. The molecule has 1 unspecified atom stereocenters. The van der Waals surface area contributed by atoms with Gasteiger partial charge in [0.15, 0.2) is 0 Å². The molecule has 0 spiro atoms. The van der Waals surface area contributed by atoms with E-state index in [1.54, 1.807) is 6.07 Å². The van der Waals surface area contributed by atoms with E-state index in [0.717, 1.165) is 32.8 Å². The van der Waals surface area contributed by atoms with Crippen LogP contribution >= 0.6 is 0 Å². The van der Waals surface area contributed by atoms with Crippen LogP contribution in [0.25, 0.3) is 0 Å². The van der Waals surface area contributed by atoms with E-state index in [1.807, 2.05) is 10.6 Å². The van der Waals surface area contributed by atoms with Crippen LogP contribution in [0.4, 0.5) is 0 Å². The monoisotopic (exact) mass is 316 g/mol. The molecule has 1 aromatic rings. The summed E-state index contributed by atoms with van der Waals surface area (Å²) in [7, 11) is 0. The molecule has 4 heterocycles. The van der Waals surface area contributed by atoms with Gasteiger partial charge in [0, 0.05) is 55.9 Å². The predicted molar refractivity (Wildman–Crippen MR) is 90.7 cm³/mol. The highest BCUT2D eigenvalue weighted by atomic mass is 16.5. The van der Waals surface area contributed by atoms with Crippen molar-refractivity contribution in [1.82, 2.24) is 9.47 Å². The number of nitrogens with zero attached hydrogens (tertiary/aromatic N) is 2. The van der Waals surface area contributed by atoms with Crippen molar-refractivity contribution in [3.8, 4) is 0 Å². The molecule has 4 heteroatoms. The molecule has 0 aromatic carbocycles. The number of likely N-dealkylation sites (tertiary alicyclic amines) is 1. The van der Waals surface area contributed by atoms with Crippen molar-refractivity contribution >= 4 is 0 Å². The van der Waals surface area contributed by atoms with Crippen molar-refractivity contribution in [3.63, 3.8) is 0 Å². The van der Waals surface area contributed by atoms with Crippen molar-refractivity contribution < 1.29 is 4.74 Å². The molecule has 2 saturated heterocycles. The Hall–Kier alpha value is -1.13. The molecule has 3 atom stereocenters. The Kier molecular flexibility index (Phi) is 3.85. The molecule has 4 nitrogen and oxygen atoms in total. The number of hydrogen-bond acceptors (Lipinski definition) is 3. The number of piperidine rings is 1. The minimum atomic E-state index is 0.172. The van der Waals surface area contributed by atoms with Gasteiger partial charge in [-0.05, 0) is 31.2 Å². The van der Waals surface area contributed by atoms with Gasteiger partial charge in [0.1, 0.15) is 0 Å². The molecule has 0 saturated carbocycles. The number of fused-ring (bicyclic) bond motifs is 4. The average molecular weight is 316 g/mol. The van der Waals surface area contributed by atoms with Gasteiger partial charge in [-0.3, -0.25) is 4.79 Å². The first-order valence-electron chi connectivity index (χ1n) is 9.07. The number of ether oxygens (including phenoxy) is 1. The van der Waals surface area contributed by atoms with Gasteiger partial charge in [0.25, 0.3) is 5.56 Å². The number of rotatable bonds is 3. The van der Waals surface area contributed by atoms with Crippen molar-refractivity contribution in [2.45, 2.75) is 51.7 Å². The Morgan fingerprint density at radius 2 is 2.13 bits per heavy atom. The lowest BCUT2D eigenvalue weighted by atomic mass is 9.80. The van der Waals surface area contributed by atoms with Crippen LogP contribution in [0.15, 0.2) is 23.0 Å². The number of pyridine rings is 1. The lowest BCUT2D eigenvalue weighted by molar-refractivity contribution is -0.0139. The predicted octanol–water partition coefficient (Wildman–Crippen LogP) is 2.47. The Balaban J connectivity index is 1.51. The van der Waals surface area contributed by atoms with Gasteiger partial charge >= 0.3 is 0 Å². The summed E-state index contributed by atoms with van der Waals surface area (Å²) in [6.45, 7) is 9.82. The first kappa shape index (κ1) is 15.4. The molecule has 0 amide bonds. The van der Waals surface area contributed by atoms with Crippen molar-refractivity contribution in [2.75, 3.05) is 26.2 Å². The molecule has 2 fully saturated rings. The van der Waals surface area contributed by atoms with Gasteiger partial charge in [0.2, 0.25) is 0 Å². The van der Waals surface area contributed by atoms with Crippen LogP contribution in [0.3, 0.4) is 0 Å². The third-order valence-electron chi connectivity index (χ3n) is 5.99. The quantitative estimate of drug-likeness (QED) is 0.859. The molecular weight excluding hydrogens is 288 g/mol. The highest BCUT2D eigenvalue weighted by Gasteiger charge is 2.39. The van der Waals surface area contributed by atoms with Crippen LogP contribution in [-0.2, 0) is 11.3 Å². The third-order valence-corrected chi connectivity index (χ3v) is 5.99. The normalized spacial score (nSPS) is 31.1. The summed E-state index contributed by atoms with van der Waals surface area (Å²) in [5.74, 6) is 1.12. The fraction of sp³-hybridized carbons (Fsp3) is 0.737. The molecule has 1 aromatic heterocycles. The summed E-state index contributed by atoms with van der Waals surface area (Å²) in [5.41, 5.74) is 1.62. The Bertz CT molecular complexity index is 631. The highest BCUT2D eigenvalue weighted by molar-refractivity contribution is 5.17. The van der Waals surface area contributed by atoms with E-state index in [0.29, 0.717) is 17.9 Å². The fourth-order valence-corrected chi connectivity index (χ4v) is 5.00. The second-order valence-corrected chi connectivity index (χ2v) is 8.38. The fourth-order valence-electron chi connectivity index (χ4n) is 5.00. The summed E-state index contributed by atoms with van der Waals surface area (Å²) in [5, 5.41) is 0. The van der Waals surface area contributed by atoms with Gasteiger partial charge < -0.3 is 14.2 Å². The maximum Gasteiger partial charge on any atom is 0.250 e. The first-order valence-corrected chi connectivity index (χ1v) is 9.07. The van der Waals surface area contributed by atoms with Gasteiger partial charge in [0.05, 0.1) is 6.10 Å². The summed E-state index contributed by atoms with van der Waals surface area (Å²) < 4.78 is 7.97. The third kappa shape index (κ3) is 2.87. The molecule has 3 aliphatic heterocycles. The molecule has 23 heavy (non-hydrogen) atoms.